The Morgan fingerprint density at radius 1 is 0.964 bits per heavy atom. The molecule has 142 valence electrons. The van der Waals surface area contributed by atoms with Gasteiger partial charge in [0.15, 0.2) is 5.69 Å². The summed E-state index contributed by atoms with van der Waals surface area (Å²) in [6.07, 6.45) is 10.0. The van der Waals surface area contributed by atoms with Crippen molar-refractivity contribution in [2.24, 2.45) is 5.92 Å². The monoisotopic (exact) mass is 371 g/mol. The number of aliphatic hydroxyl groups is 1. The van der Waals surface area contributed by atoms with Crippen LogP contribution in [0.4, 0.5) is 5.69 Å². The number of nitrogens with zero attached hydrogens (tertiary/aromatic N) is 3. The van der Waals surface area contributed by atoms with E-state index >= 15 is 0 Å². The van der Waals surface area contributed by atoms with E-state index in [0.29, 0.717) is 23.4 Å². The number of fused-ring (bicyclic) bond motifs is 1. The second kappa shape index (κ2) is 7.07. The third-order valence-electron chi connectivity index (χ3n) is 6.67. The molecule has 1 aromatic carbocycles. The van der Waals surface area contributed by atoms with Crippen LogP contribution in [0.1, 0.15) is 73.3 Å². The van der Waals surface area contributed by atoms with Gasteiger partial charge in [-0.1, -0.05) is 30.3 Å². The van der Waals surface area contributed by atoms with Crippen LogP contribution in [0.15, 0.2) is 48.9 Å². The van der Waals surface area contributed by atoms with Crippen molar-refractivity contribution in [1.82, 2.24) is 9.38 Å². The third kappa shape index (κ3) is 3.10. The first-order chi connectivity index (χ1) is 13.7. The molecule has 0 radical (unpaired) electrons. The predicted octanol–water partition coefficient (Wildman–Crippen LogP) is 5.77. The Kier molecular flexibility index (Phi) is 4.41. The van der Waals surface area contributed by atoms with Crippen molar-refractivity contribution in [2.75, 3.05) is 0 Å². The molecule has 4 heteroatoms. The molecule has 0 aliphatic heterocycles. The number of rotatable bonds is 4. The van der Waals surface area contributed by atoms with Crippen molar-refractivity contribution in [1.29, 1.82) is 0 Å². The van der Waals surface area contributed by atoms with Crippen LogP contribution in [0, 0.1) is 12.5 Å². The van der Waals surface area contributed by atoms with E-state index < -0.39 is 6.10 Å². The summed E-state index contributed by atoms with van der Waals surface area (Å²) in [7, 11) is 0. The van der Waals surface area contributed by atoms with E-state index in [1.54, 1.807) is 0 Å². The maximum Gasteiger partial charge on any atom is 0.187 e. The number of pyridine rings is 1. The lowest BCUT2D eigenvalue weighted by Crippen LogP contribution is -2.22. The Bertz CT molecular complexity index is 1020. The average molecular weight is 371 g/mol. The van der Waals surface area contributed by atoms with Crippen LogP contribution in [-0.4, -0.2) is 14.5 Å². The van der Waals surface area contributed by atoms with Gasteiger partial charge in [-0.2, -0.15) is 0 Å². The zero-order valence-electron chi connectivity index (χ0n) is 16.0. The fourth-order valence-electron chi connectivity index (χ4n) is 4.89. The zero-order chi connectivity index (χ0) is 19.1. The first-order valence-corrected chi connectivity index (χ1v) is 10.3. The maximum atomic E-state index is 11.4. The molecular weight excluding hydrogens is 346 g/mol. The molecule has 0 spiro atoms. The summed E-state index contributed by atoms with van der Waals surface area (Å²) in [5.41, 5.74) is 5.48. The van der Waals surface area contributed by atoms with Gasteiger partial charge in [0.05, 0.1) is 36.4 Å². The summed E-state index contributed by atoms with van der Waals surface area (Å²) in [5.74, 6) is 1.44. The fourth-order valence-corrected chi connectivity index (χ4v) is 4.89. The number of aromatic nitrogens is 2. The molecule has 1 N–H and O–H groups in total. The molecule has 2 aliphatic rings. The number of imidazole rings is 1. The lowest BCUT2D eigenvalue weighted by Gasteiger charge is -2.33. The number of hydrogen-bond acceptors (Lipinski definition) is 2. The van der Waals surface area contributed by atoms with E-state index in [2.05, 4.69) is 38.5 Å². The smallest absolute Gasteiger partial charge is 0.187 e. The van der Waals surface area contributed by atoms with Crippen LogP contribution in [0.25, 0.3) is 10.4 Å². The Morgan fingerprint density at radius 3 is 2.36 bits per heavy atom. The molecule has 2 aliphatic carbocycles. The Labute approximate surface area is 165 Å². The minimum absolute atomic E-state index is 0.296. The Hall–Kier alpha value is -2.64. The normalized spacial score (nSPS) is 23.4. The summed E-state index contributed by atoms with van der Waals surface area (Å²) in [6.45, 7) is 7.10. The fraction of sp³-hybridized carbons (Fsp3) is 0.417. The van der Waals surface area contributed by atoms with Crippen molar-refractivity contribution in [3.63, 3.8) is 0 Å². The van der Waals surface area contributed by atoms with Crippen molar-refractivity contribution < 1.29 is 5.11 Å². The second-order valence-corrected chi connectivity index (χ2v) is 8.40. The van der Waals surface area contributed by atoms with Gasteiger partial charge < -0.3 is 9.51 Å². The molecule has 0 bridgehead atoms. The largest absolute Gasteiger partial charge is 0.387 e. The van der Waals surface area contributed by atoms with Gasteiger partial charge in [-0.3, -0.25) is 0 Å². The SMILES string of the molecule is [C-]#[N+]c1ccc(C2CCC(C(O)c3c(C4CC4)ccc4cncn34)CC2)cc1. The second-order valence-electron chi connectivity index (χ2n) is 8.40. The highest BCUT2D eigenvalue weighted by Crippen LogP contribution is 2.47. The third-order valence-corrected chi connectivity index (χ3v) is 6.67. The summed E-state index contributed by atoms with van der Waals surface area (Å²) < 4.78 is 2.10. The highest BCUT2D eigenvalue weighted by atomic mass is 16.3. The maximum absolute atomic E-state index is 11.4. The van der Waals surface area contributed by atoms with Crippen molar-refractivity contribution in [3.05, 3.63) is 77.2 Å². The molecule has 5 rings (SSSR count). The van der Waals surface area contributed by atoms with E-state index in [1.807, 2.05) is 24.7 Å². The van der Waals surface area contributed by atoms with Gasteiger partial charge in [-0.15, -0.1) is 0 Å². The summed E-state index contributed by atoms with van der Waals surface area (Å²) in [5, 5.41) is 11.4. The minimum Gasteiger partial charge on any atom is -0.387 e. The lowest BCUT2D eigenvalue weighted by molar-refractivity contribution is 0.0754. The molecule has 2 aromatic heterocycles. The van der Waals surface area contributed by atoms with Crippen molar-refractivity contribution >= 4 is 11.2 Å². The molecule has 1 unspecified atom stereocenters. The Balaban J connectivity index is 1.35. The number of hydrogen-bond donors (Lipinski definition) is 1. The topological polar surface area (TPSA) is 41.9 Å². The van der Waals surface area contributed by atoms with E-state index in [0.717, 1.165) is 36.9 Å². The number of aliphatic hydroxyl groups excluding tert-OH is 1. The van der Waals surface area contributed by atoms with Crippen LogP contribution in [0.2, 0.25) is 0 Å². The van der Waals surface area contributed by atoms with Crippen LogP contribution in [0.5, 0.6) is 0 Å². The van der Waals surface area contributed by atoms with E-state index in [4.69, 9.17) is 6.57 Å². The molecular formula is C24H25N3O. The molecule has 0 saturated heterocycles. The van der Waals surface area contributed by atoms with E-state index in [-0.39, 0.29) is 0 Å². The highest BCUT2D eigenvalue weighted by Gasteiger charge is 2.34. The summed E-state index contributed by atoms with van der Waals surface area (Å²) >= 11 is 0. The van der Waals surface area contributed by atoms with Crippen LogP contribution in [-0.2, 0) is 0 Å². The summed E-state index contributed by atoms with van der Waals surface area (Å²) in [6, 6.07) is 12.4. The first kappa shape index (κ1) is 17.5. The molecule has 0 amide bonds. The highest BCUT2D eigenvalue weighted by molar-refractivity contribution is 5.50. The van der Waals surface area contributed by atoms with Crippen LogP contribution < -0.4 is 0 Å². The van der Waals surface area contributed by atoms with Gasteiger partial charge in [-0.25, -0.2) is 9.83 Å². The number of benzene rings is 1. The van der Waals surface area contributed by atoms with Gasteiger partial charge in [0.25, 0.3) is 0 Å². The predicted molar refractivity (Wildman–Crippen MR) is 110 cm³/mol. The van der Waals surface area contributed by atoms with Crippen LogP contribution in [0.3, 0.4) is 0 Å². The van der Waals surface area contributed by atoms with E-state index in [1.165, 1.54) is 24.0 Å². The van der Waals surface area contributed by atoms with Gasteiger partial charge in [-0.05, 0) is 73.5 Å². The Morgan fingerprint density at radius 2 is 1.68 bits per heavy atom. The minimum atomic E-state index is -0.432. The van der Waals surface area contributed by atoms with E-state index in [9.17, 15) is 5.11 Å². The van der Waals surface area contributed by atoms with Crippen molar-refractivity contribution in [2.45, 2.75) is 56.5 Å². The molecule has 1 atom stereocenters. The zero-order valence-corrected chi connectivity index (χ0v) is 16.0. The standard InChI is InChI=1S/C24H25N3O/c1-25-20-10-8-17(9-11-20)16-2-6-19(7-3-16)24(28)23-22(18-4-5-18)13-12-21-14-26-15-27(21)23/h8-16,18-19,24,28H,2-7H2. The molecule has 4 nitrogen and oxygen atoms in total. The molecule has 28 heavy (non-hydrogen) atoms. The average Bonchev–Trinajstić information content (AvgIpc) is 3.49. The summed E-state index contributed by atoms with van der Waals surface area (Å²) in [4.78, 5) is 7.79. The van der Waals surface area contributed by atoms with Crippen LogP contribution >= 0.6 is 0 Å². The molecule has 2 heterocycles. The first-order valence-electron chi connectivity index (χ1n) is 10.3. The van der Waals surface area contributed by atoms with Gasteiger partial charge in [0.1, 0.15) is 0 Å². The molecule has 3 aromatic rings. The van der Waals surface area contributed by atoms with Gasteiger partial charge >= 0.3 is 0 Å². The quantitative estimate of drug-likeness (QED) is 0.592. The molecule has 2 saturated carbocycles. The van der Waals surface area contributed by atoms with Crippen molar-refractivity contribution in [3.8, 4) is 0 Å². The lowest BCUT2D eigenvalue weighted by atomic mass is 9.75. The van der Waals surface area contributed by atoms with Gasteiger partial charge in [0.2, 0.25) is 0 Å². The van der Waals surface area contributed by atoms with Gasteiger partial charge in [0, 0.05) is 0 Å². The molecule has 2 fully saturated rings.